The topological polar surface area (TPSA) is 105 Å². The summed E-state index contributed by atoms with van der Waals surface area (Å²) < 4.78 is 6.32. The van der Waals surface area contributed by atoms with E-state index in [1.807, 2.05) is 6.92 Å². The van der Waals surface area contributed by atoms with Gasteiger partial charge in [-0.1, -0.05) is 0 Å². The van der Waals surface area contributed by atoms with E-state index in [1.165, 1.54) is 0 Å². The summed E-state index contributed by atoms with van der Waals surface area (Å²) in [6, 6.07) is 2.09. The Bertz CT molecular complexity index is 593. The standard InChI is InChI=1S/C12H17N3O5/c1-8-7-20-9(6-16)4-14(8)12(19)5-15-11(18)3-2-10(17)13-15/h2-3,8-9,16H,4-7H2,1H3,(H,13,17). The molecule has 1 saturated heterocycles. The molecule has 8 nitrogen and oxygen atoms in total. The van der Waals surface area contributed by atoms with E-state index in [0.717, 1.165) is 16.8 Å². The van der Waals surface area contributed by atoms with Gasteiger partial charge in [-0.3, -0.25) is 19.5 Å². The molecule has 20 heavy (non-hydrogen) atoms. The first-order chi connectivity index (χ1) is 9.51. The molecular weight excluding hydrogens is 266 g/mol. The third-order valence-electron chi connectivity index (χ3n) is 3.21. The summed E-state index contributed by atoms with van der Waals surface area (Å²) in [6.45, 7) is 2.01. The number of ether oxygens (including phenoxy) is 1. The Kier molecular flexibility index (Phi) is 4.35. The number of morpholine rings is 1. The van der Waals surface area contributed by atoms with Gasteiger partial charge in [-0.15, -0.1) is 0 Å². The zero-order valence-corrected chi connectivity index (χ0v) is 11.1. The number of aromatic amines is 1. The number of hydrogen-bond acceptors (Lipinski definition) is 5. The Labute approximate surface area is 114 Å². The Hall–Kier alpha value is -1.93. The first-order valence-electron chi connectivity index (χ1n) is 6.33. The van der Waals surface area contributed by atoms with E-state index < -0.39 is 17.2 Å². The minimum atomic E-state index is -0.447. The van der Waals surface area contributed by atoms with Crippen molar-refractivity contribution in [2.75, 3.05) is 19.8 Å². The van der Waals surface area contributed by atoms with Crippen LogP contribution in [0.3, 0.4) is 0 Å². The van der Waals surface area contributed by atoms with Crippen molar-refractivity contribution >= 4 is 5.91 Å². The molecule has 2 N–H and O–H groups in total. The number of H-pyrrole nitrogens is 1. The molecule has 8 heteroatoms. The second-order valence-corrected chi connectivity index (χ2v) is 4.77. The molecule has 2 unspecified atom stereocenters. The van der Waals surface area contributed by atoms with Gasteiger partial charge in [0, 0.05) is 18.7 Å². The molecule has 0 saturated carbocycles. The highest BCUT2D eigenvalue weighted by Crippen LogP contribution is 2.11. The molecule has 0 bridgehead atoms. The van der Waals surface area contributed by atoms with Crippen molar-refractivity contribution in [2.45, 2.75) is 25.6 Å². The lowest BCUT2D eigenvalue weighted by Crippen LogP contribution is -2.53. The van der Waals surface area contributed by atoms with Crippen molar-refractivity contribution < 1.29 is 14.6 Å². The Morgan fingerprint density at radius 2 is 2.25 bits per heavy atom. The maximum Gasteiger partial charge on any atom is 0.265 e. The fraction of sp³-hybridized carbons (Fsp3) is 0.583. The number of nitrogens with one attached hydrogen (secondary N) is 1. The zero-order valence-electron chi connectivity index (χ0n) is 11.1. The number of hydrogen-bond donors (Lipinski definition) is 2. The van der Waals surface area contributed by atoms with E-state index in [4.69, 9.17) is 9.84 Å². The number of aromatic nitrogens is 2. The van der Waals surface area contributed by atoms with E-state index in [-0.39, 0.29) is 31.6 Å². The lowest BCUT2D eigenvalue weighted by atomic mass is 10.2. The van der Waals surface area contributed by atoms with Crippen molar-refractivity contribution in [2.24, 2.45) is 0 Å². The molecule has 0 radical (unpaired) electrons. The number of amides is 1. The van der Waals surface area contributed by atoms with Crippen LogP contribution < -0.4 is 11.1 Å². The van der Waals surface area contributed by atoms with Crippen LogP contribution in [0.25, 0.3) is 0 Å². The van der Waals surface area contributed by atoms with Gasteiger partial charge in [-0.2, -0.15) is 0 Å². The molecule has 1 aliphatic rings. The van der Waals surface area contributed by atoms with Crippen molar-refractivity contribution in [3.05, 3.63) is 32.8 Å². The third kappa shape index (κ3) is 3.14. The van der Waals surface area contributed by atoms with Crippen LogP contribution in [0.4, 0.5) is 0 Å². The number of aliphatic hydroxyl groups excluding tert-OH is 1. The van der Waals surface area contributed by atoms with Crippen molar-refractivity contribution in [3.63, 3.8) is 0 Å². The SMILES string of the molecule is CC1COC(CO)CN1C(=O)Cn1[nH]c(=O)ccc1=O. The first-order valence-corrected chi connectivity index (χ1v) is 6.33. The second-order valence-electron chi connectivity index (χ2n) is 4.77. The number of carbonyl (C=O) groups excluding carboxylic acids is 1. The van der Waals surface area contributed by atoms with E-state index >= 15 is 0 Å². The predicted octanol–water partition coefficient (Wildman–Crippen LogP) is -1.86. The summed E-state index contributed by atoms with van der Waals surface area (Å²) in [7, 11) is 0. The molecule has 2 rings (SSSR count). The van der Waals surface area contributed by atoms with Gasteiger partial charge in [0.15, 0.2) is 0 Å². The summed E-state index contributed by atoms with van der Waals surface area (Å²) in [4.78, 5) is 36.5. The molecule has 1 aliphatic heterocycles. The maximum absolute atomic E-state index is 12.2. The molecule has 110 valence electrons. The summed E-state index contributed by atoms with van der Waals surface area (Å²) in [6.07, 6.45) is -0.415. The third-order valence-corrected chi connectivity index (χ3v) is 3.21. The number of rotatable bonds is 3. The summed E-state index contributed by atoms with van der Waals surface area (Å²) in [5.74, 6) is -0.303. The van der Waals surface area contributed by atoms with Crippen molar-refractivity contribution in [1.29, 1.82) is 0 Å². The van der Waals surface area contributed by atoms with Gasteiger partial charge in [-0.25, -0.2) is 4.68 Å². The molecule has 0 aromatic carbocycles. The molecule has 1 amide bonds. The van der Waals surface area contributed by atoms with Gasteiger partial charge in [0.25, 0.3) is 11.1 Å². The minimum Gasteiger partial charge on any atom is -0.394 e. The molecule has 1 fully saturated rings. The summed E-state index contributed by atoms with van der Waals surface area (Å²) >= 11 is 0. The Morgan fingerprint density at radius 3 is 2.95 bits per heavy atom. The smallest absolute Gasteiger partial charge is 0.265 e. The quantitative estimate of drug-likeness (QED) is 0.677. The molecule has 2 atom stereocenters. The largest absolute Gasteiger partial charge is 0.394 e. The van der Waals surface area contributed by atoms with Gasteiger partial charge in [0.05, 0.1) is 25.4 Å². The van der Waals surface area contributed by atoms with Gasteiger partial charge in [0.2, 0.25) is 5.91 Å². The van der Waals surface area contributed by atoms with Gasteiger partial charge in [0.1, 0.15) is 6.54 Å². The summed E-state index contributed by atoms with van der Waals surface area (Å²) in [5.41, 5.74) is -0.891. The van der Waals surface area contributed by atoms with E-state index in [2.05, 4.69) is 5.10 Å². The highest BCUT2D eigenvalue weighted by Gasteiger charge is 2.29. The maximum atomic E-state index is 12.2. The first kappa shape index (κ1) is 14.5. The van der Waals surface area contributed by atoms with Crippen LogP contribution in [0.15, 0.2) is 21.7 Å². The lowest BCUT2D eigenvalue weighted by molar-refractivity contribution is -0.147. The minimum absolute atomic E-state index is 0.142. The van der Waals surface area contributed by atoms with Gasteiger partial charge < -0.3 is 14.7 Å². The van der Waals surface area contributed by atoms with E-state index in [9.17, 15) is 14.4 Å². The van der Waals surface area contributed by atoms with Crippen molar-refractivity contribution in [3.8, 4) is 0 Å². The van der Waals surface area contributed by atoms with Crippen LogP contribution in [0, 0.1) is 0 Å². The van der Waals surface area contributed by atoms with Crippen molar-refractivity contribution in [1.82, 2.24) is 14.7 Å². The van der Waals surface area contributed by atoms with Crippen LogP contribution in [-0.2, 0) is 16.1 Å². The molecule has 0 spiro atoms. The van der Waals surface area contributed by atoms with E-state index in [0.29, 0.717) is 6.61 Å². The zero-order chi connectivity index (χ0) is 14.7. The molecule has 1 aromatic heterocycles. The van der Waals surface area contributed by atoms with Crippen LogP contribution >= 0.6 is 0 Å². The van der Waals surface area contributed by atoms with Crippen LogP contribution in [0.1, 0.15) is 6.92 Å². The second kappa shape index (κ2) is 6.02. The highest BCUT2D eigenvalue weighted by molar-refractivity contribution is 5.76. The molecule has 1 aromatic rings. The normalized spacial score (nSPS) is 22.8. The lowest BCUT2D eigenvalue weighted by Gasteiger charge is -2.37. The molecule has 0 aliphatic carbocycles. The van der Waals surface area contributed by atoms with Gasteiger partial charge in [-0.05, 0) is 6.92 Å². The predicted molar refractivity (Wildman–Crippen MR) is 69.3 cm³/mol. The monoisotopic (exact) mass is 283 g/mol. The van der Waals surface area contributed by atoms with E-state index in [1.54, 1.807) is 4.90 Å². The fourth-order valence-electron chi connectivity index (χ4n) is 2.08. The highest BCUT2D eigenvalue weighted by atomic mass is 16.5. The Morgan fingerprint density at radius 1 is 1.50 bits per heavy atom. The molecular formula is C12H17N3O5. The summed E-state index contributed by atoms with van der Waals surface area (Å²) in [5, 5.41) is 11.4. The fourth-order valence-corrected chi connectivity index (χ4v) is 2.08. The molecule has 2 heterocycles. The average Bonchev–Trinajstić information content (AvgIpc) is 2.43. The number of carbonyl (C=O) groups is 1. The number of nitrogens with zero attached hydrogens (tertiary/aromatic N) is 2. The van der Waals surface area contributed by atoms with Crippen LogP contribution in [0.2, 0.25) is 0 Å². The van der Waals surface area contributed by atoms with Crippen LogP contribution in [-0.4, -0.2) is 57.6 Å². The average molecular weight is 283 g/mol. The number of aliphatic hydroxyl groups is 1. The van der Waals surface area contributed by atoms with Gasteiger partial charge >= 0.3 is 0 Å². The Balaban J connectivity index is 2.12. The van der Waals surface area contributed by atoms with Crippen LogP contribution in [0.5, 0.6) is 0 Å².